The van der Waals surface area contributed by atoms with Crippen molar-refractivity contribution in [3.63, 3.8) is 0 Å². The molecule has 0 heterocycles. The van der Waals surface area contributed by atoms with E-state index in [2.05, 4.69) is 9.47 Å². The van der Waals surface area contributed by atoms with Gasteiger partial charge in [0.25, 0.3) is 5.60 Å². The minimum atomic E-state index is -6.14. The maximum Gasteiger partial charge on any atom is 0.430 e. The molecule has 1 saturated carbocycles. The first-order valence-corrected chi connectivity index (χ1v) is 14.2. The summed E-state index contributed by atoms with van der Waals surface area (Å²) in [7, 11) is -3.38. The van der Waals surface area contributed by atoms with Gasteiger partial charge in [0.15, 0.2) is 9.84 Å². The van der Waals surface area contributed by atoms with Gasteiger partial charge in [-0.1, -0.05) is 43.2 Å². The minimum Gasteiger partial charge on any atom is -0.465 e. The fraction of sp³-hybridized carbons (Fsp3) is 0.345. The van der Waals surface area contributed by atoms with Crippen molar-refractivity contribution in [1.82, 2.24) is 0 Å². The molecular weight excluding hydrogens is 612 g/mol. The van der Waals surface area contributed by atoms with Gasteiger partial charge >= 0.3 is 18.3 Å². The SMILES string of the molecule is COC(=O)c1cccc(F)c1COC(c1ccc(C2(S(=O)(=O)c3ccc(F)cc3)CCCC2)cc1)(C(F)(F)F)C(F)(F)F. The second-order valence-electron chi connectivity index (χ2n) is 9.96. The Balaban J connectivity index is 1.82. The monoisotopic (exact) mass is 636 g/mol. The molecule has 5 nitrogen and oxygen atoms in total. The van der Waals surface area contributed by atoms with Crippen molar-refractivity contribution < 1.29 is 57.8 Å². The lowest BCUT2D eigenvalue weighted by Gasteiger charge is -2.38. The quantitative estimate of drug-likeness (QED) is 0.145. The van der Waals surface area contributed by atoms with Crippen LogP contribution in [-0.4, -0.2) is 33.8 Å². The summed E-state index contributed by atoms with van der Waals surface area (Å²) in [5.41, 5.74) is -8.02. The topological polar surface area (TPSA) is 69.7 Å². The molecule has 0 radical (unpaired) electrons. The zero-order valence-corrected chi connectivity index (χ0v) is 23.2. The number of carbonyl (C=O) groups excluding carboxylic acids is 1. The van der Waals surface area contributed by atoms with Crippen molar-refractivity contribution in [2.24, 2.45) is 0 Å². The number of carbonyl (C=O) groups is 1. The summed E-state index contributed by atoms with van der Waals surface area (Å²) < 4.78 is 149. The van der Waals surface area contributed by atoms with Gasteiger partial charge in [0.2, 0.25) is 0 Å². The molecule has 43 heavy (non-hydrogen) atoms. The summed E-state index contributed by atoms with van der Waals surface area (Å²) in [6.45, 7) is -1.62. The van der Waals surface area contributed by atoms with Crippen LogP contribution >= 0.6 is 0 Å². The highest BCUT2D eigenvalue weighted by molar-refractivity contribution is 7.92. The fourth-order valence-electron chi connectivity index (χ4n) is 5.43. The van der Waals surface area contributed by atoms with E-state index in [0.717, 1.165) is 61.7 Å². The number of rotatable bonds is 8. The molecule has 0 aromatic heterocycles. The number of sulfone groups is 1. The lowest BCUT2D eigenvalue weighted by Crippen LogP contribution is -2.56. The van der Waals surface area contributed by atoms with E-state index < -0.39 is 73.4 Å². The maximum atomic E-state index is 14.5. The van der Waals surface area contributed by atoms with E-state index in [0.29, 0.717) is 25.0 Å². The molecule has 0 unspecified atom stereocenters. The van der Waals surface area contributed by atoms with Crippen LogP contribution in [-0.2, 0) is 36.3 Å². The normalized spacial score (nSPS) is 15.8. The Hall–Kier alpha value is -3.52. The molecule has 1 fully saturated rings. The van der Waals surface area contributed by atoms with Gasteiger partial charge < -0.3 is 9.47 Å². The van der Waals surface area contributed by atoms with Gasteiger partial charge in [0.1, 0.15) is 16.4 Å². The van der Waals surface area contributed by atoms with Crippen LogP contribution < -0.4 is 0 Å². The molecule has 1 aliphatic carbocycles. The molecule has 14 heteroatoms. The third-order valence-electron chi connectivity index (χ3n) is 7.62. The van der Waals surface area contributed by atoms with Crippen LogP contribution in [0.3, 0.4) is 0 Å². The van der Waals surface area contributed by atoms with E-state index in [-0.39, 0.29) is 23.3 Å². The zero-order chi connectivity index (χ0) is 31.8. The number of halogens is 8. The molecular formula is C29H24F8O5S. The van der Waals surface area contributed by atoms with Crippen LogP contribution in [0.25, 0.3) is 0 Å². The predicted molar refractivity (Wildman–Crippen MR) is 136 cm³/mol. The lowest BCUT2D eigenvalue weighted by atomic mass is 9.88. The van der Waals surface area contributed by atoms with E-state index in [1.54, 1.807) is 0 Å². The molecule has 0 amide bonds. The number of alkyl halides is 6. The van der Waals surface area contributed by atoms with Gasteiger partial charge in [-0.2, -0.15) is 26.3 Å². The molecule has 0 N–H and O–H groups in total. The van der Waals surface area contributed by atoms with Crippen LogP contribution in [0, 0.1) is 11.6 Å². The standard InChI is InChI=1S/C29H24F8O5S/c1-41-25(38)22-5-4-6-24(31)23(22)17-42-27(28(32,33)34,29(35,36)37)19-9-7-18(8-10-19)26(15-2-3-16-26)43(39,40)21-13-11-20(30)12-14-21/h4-14H,2-3,15-17H2,1H3. The molecule has 0 saturated heterocycles. The molecule has 232 valence electrons. The van der Waals surface area contributed by atoms with Crippen molar-refractivity contribution in [1.29, 1.82) is 0 Å². The Morgan fingerprint density at radius 3 is 1.91 bits per heavy atom. The first-order valence-electron chi connectivity index (χ1n) is 12.8. The van der Waals surface area contributed by atoms with Crippen LogP contribution in [0.4, 0.5) is 35.1 Å². The Kier molecular flexibility index (Phi) is 8.68. The Morgan fingerprint density at radius 1 is 0.837 bits per heavy atom. The Morgan fingerprint density at radius 2 is 1.40 bits per heavy atom. The minimum absolute atomic E-state index is 0.0236. The van der Waals surface area contributed by atoms with E-state index in [4.69, 9.17) is 0 Å². The first kappa shape index (κ1) is 32.4. The third kappa shape index (κ3) is 5.50. The summed E-state index contributed by atoms with van der Waals surface area (Å²) in [4.78, 5) is 11.8. The summed E-state index contributed by atoms with van der Waals surface area (Å²) in [5.74, 6) is -3.21. The molecule has 1 aliphatic rings. The Labute approximate surface area is 241 Å². The number of esters is 1. The fourth-order valence-corrected chi connectivity index (χ4v) is 7.65. The summed E-state index contributed by atoms with van der Waals surface area (Å²) >= 11 is 0. The number of hydrogen-bond acceptors (Lipinski definition) is 5. The van der Waals surface area contributed by atoms with Gasteiger partial charge in [0, 0.05) is 11.1 Å². The molecule has 0 aliphatic heterocycles. The molecule has 0 spiro atoms. The average Bonchev–Trinajstić information content (AvgIpc) is 3.45. The van der Waals surface area contributed by atoms with Crippen molar-refractivity contribution >= 4 is 15.8 Å². The molecule has 3 aromatic carbocycles. The van der Waals surface area contributed by atoms with E-state index in [9.17, 15) is 48.3 Å². The van der Waals surface area contributed by atoms with Crippen LogP contribution in [0.15, 0.2) is 71.6 Å². The first-order chi connectivity index (χ1) is 20.0. The summed E-state index contributed by atoms with van der Waals surface area (Å²) in [6, 6.07) is 9.30. The van der Waals surface area contributed by atoms with Gasteiger partial charge in [-0.05, 0) is 54.8 Å². The molecule has 0 atom stereocenters. The largest absolute Gasteiger partial charge is 0.465 e. The van der Waals surface area contributed by atoms with Gasteiger partial charge in [-0.3, -0.25) is 0 Å². The number of methoxy groups -OCH3 is 1. The van der Waals surface area contributed by atoms with Crippen LogP contribution in [0.1, 0.15) is 52.7 Å². The smallest absolute Gasteiger partial charge is 0.430 e. The van der Waals surface area contributed by atoms with Crippen molar-refractivity contribution in [2.75, 3.05) is 7.11 Å². The van der Waals surface area contributed by atoms with E-state index in [1.807, 2.05) is 0 Å². The van der Waals surface area contributed by atoms with Gasteiger partial charge in [-0.15, -0.1) is 0 Å². The van der Waals surface area contributed by atoms with Crippen LogP contribution in [0.5, 0.6) is 0 Å². The predicted octanol–water partition coefficient (Wildman–Crippen LogP) is 7.53. The van der Waals surface area contributed by atoms with Crippen molar-refractivity contribution in [3.05, 3.63) is 101 Å². The van der Waals surface area contributed by atoms with Crippen molar-refractivity contribution in [2.45, 2.75) is 59.9 Å². The number of ether oxygens (including phenoxy) is 2. The second-order valence-corrected chi connectivity index (χ2v) is 12.2. The van der Waals surface area contributed by atoms with Crippen molar-refractivity contribution in [3.8, 4) is 0 Å². The zero-order valence-electron chi connectivity index (χ0n) is 22.4. The Bertz CT molecular complexity index is 1560. The molecule has 0 bridgehead atoms. The highest BCUT2D eigenvalue weighted by Gasteiger charge is 2.73. The molecule has 4 rings (SSSR count). The van der Waals surface area contributed by atoms with E-state index >= 15 is 0 Å². The number of hydrogen-bond donors (Lipinski definition) is 0. The highest BCUT2D eigenvalue weighted by atomic mass is 32.2. The third-order valence-corrected chi connectivity index (χ3v) is 10.2. The van der Waals surface area contributed by atoms with Gasteiger partial charge in [0.05, 0.1) is 24.2 Å². The highest BCUT2D eigenvalue weighted by Crippen LogP contribution is 2.54. The maximum absolute atomic E-state index is 14.5. The lowest BCUT2D eigenvalue weighted by molar-refractivity contribution is -0.392. The summed E-state index contributed by atoms with van der Waals surface area (Å²) in [6.07, 6.45) is -11.4. The van der Waals surface area contributed by atoms with E-state index in [1.165, 1.54) is 0 Å². The second kappa shape index (κ2) is 11.5. The summed E-state index contributed by atoms with van der Waals surface area (Å²) in [5, 5.41) is 0. The average molecular weight is 637 g/mol. The molecule has 3 aromatic rings. The number of benzene rings is 3. The van der Waals surface area contributed by atoms with Crippen LogP contribution in [0.2, 0.25) is 0 Å². The van der Waals surface area contributed by atoms with Gasteiger partial charge in [-0.25, -0.2) is 22.0 Å².